The highest BCUT2D eigenvalue weighted by atomic mass is 16.5. The molecule has 2 aromatic rings. The third-order valence-electron chi connectivity index (χ3n) is 3.30. The van der Waals surface area contributed by atoms with Crippen LogP contribution in [0.4, 0.5) is 0 Å². The Labute approximate surface area is 120 Å². The van der Waals surface area contributed by atoms with Gasteiger partial charge in [0.05, 0.1) is 7.11 Å². The van der Waals surface area contributed by atoms with Crippen molar-refractivity contribution in [2.75, 3.05) is 7.11 Å². The summed E-state index contributed by atoms with van der Waals surface area (Å²) in [5.41, 5.74) is 8.26. The van der Waals surface area contributed by atoms with Crippen molar-refractivity contribution in [3.63, 3.8) is 0 Å². The van der Waals surface area contributed by atoms with Gasteiger partial charge in [-0.2, -0.15) is 0 Å². The molecule has 0 aliphatic rings. The lowest BCUT2D eigenvalue weighted by molar-refractivity contribution is 0.378. The lowest BCUT2D eigenvalue weighted by atomic mass is 10.1. The maximum atomic E-state index is 6.00. The van der Waals surface area contributed by atoms with Gasteiger partial charge < -0.3 is 15.2 Å². The fraction of sp³-hybridized carbons (Fsp3) is 0.294. The molecule has 3 nitrogen and oxygen atoms in total. The molecule has 0 aromatic heterocycles. The van der Waals surface area contributed by atoms with Crippen molar-refractivity contribution in [2.45, 2.75) is 26.3 Å². The van der Waals surface area contributed by atoms with Crippen LogP contribution in [0.25, 0.3) is 0 Å². The third-order valence-corrected chi connectivity index (χ3v) is 3.30. The second kappa shape index (κ2) is 6.44. The van der Waals surface area contributed by atoms with Gasteiger partial charge in [-0.1, -0.05) is 25.1 Å². The minimum Gasteiger partial charge on any atom is -0.493 e. The molecular weight excluding hydrogens is 250 g/mol. The number of nitrogens with two attached hydrogens (primary N) is 1. The molecular formula is C17H21NO2. The second-order valence-corrected chi connectivity index (χ2v) is 4.84. The Kier molecular flexibility index (Phi) is 4.64. The Morgan fingerprint density at radius 1 is 1.05 bits per heavy atom. The van der Waals surface area contributed by atoms with E-state index in [1.807, 2.05) is 49.4 Å². The fourth-order valence-electron chi connectivity index (χ4n) is 2.00. The van der Waals surface area contributed by atoms with Gasteiger partial charge in [0.25, 0.3) is 0 Å². The average molecular weight is 271 g/mol. The van der Waals surface area contributed by atoms with Crippen molar-refractivity contribution in [3.8, 4) is 17.2 Å². The number of benzene rings is 2. The van der Waals surface area contributed by atoms with Crippen LogP contribution < -0.4 is 15.2 Å². The average Bonchev–Trinajstić information content (AvgIpc) is 2.49. The first kappa shape index (κ1) is 14.4. The first-order valence-electron chi connectivity index (χ1n) is 6.82. The standard InChI is InChI=1S/C17H21NO2/c1-4-15(18)13-6-8-14(9-7-13)20-16-10-5-12(2)11-17(16)19-3/h5-11,15H,4,18H2,1-3H3/t15-/m0/s1. The van der Waals surface area contributed by atoms with Crippen LogP contribution in [0.2, 0.25) is 0 Å². The molecule has 0 saturated carbocycles. The molecule has 0 aliphatic carbocycles. The number of methoxy groups -OCH3 is 1. The van der Waals surface area contributed by atoms with E-state index in [1.165, 1.54) is 0 Å². The zero-order valence-corrected chi connectivity index (χ0v) is 12.2. The van der Waals surface area contributed by atoms with E-state index >= 15 is 0 Å². The molecule has 0 radical (unpaired) electrons. The van der Waals surface area contributed by atoms with Crippen molar-refractivity contribution >= 4 is 0 Å². The van der Waals surface area contributed by atoms with Crippen LogP contribution in [0.15, 0.2) is 42.5 Å². The summed E-state index contributed by atoms with van der Waals surface area (Å²) in [6.45, 7) is 4.10. The van der Waals surface area contributed by atoms with Crippen LogP contribution in [-0.4, -0.2) is 7.11 Å². The topological polar surface area (TPSA) is 44.5 Å². The molecule has 2 rings (SSSR count). The van der Waals surface area contributed by atoms with Crippen LogP contribution in [0.5, 0.6) is 17.2 Å². The van der Waals surface area contributed by atoms with Crippen molar-refractivity contribution in [2.24, 2.45) is 5.73 Å². The highest BCUT2D eigenvalue weighted by Gasteiger charge is 2.07. The largest absolute Gasteiger partial charge is 0.493 e. The molecule has 0 saturated heterocycles. The highest BCUT2D eigenvalue weighted by molar-refractivity contribution is 5.45. The molecule has 106 valence electrons. The summed E-state index contributed by atoms with van der Waals surface area (Å²) in [4.78, 5) is 0. The number of hydrogen-bond acceptors (Lipinski definition) is 3. The molecule has 0 spiro atoms. The number of ether oxygens (including phenoxy) is 2. The zero-order chi connectivity index (χ0) is 14.5. The van der Waals surface area contributed by atoms with Gasteiger partial charge in [0.2, 0.25) is 0 Å². The number of hydrogen-bond donors (Lipinski definition) is 1. The summed E-state index contributed by atoms with van der Waals surface area (Å²) in [7, 11) is 1.64. The van der Waals surface area contributed by atoms with E-state index < -0.39 is 0 Å². The third kappa shape index (κ3) is 3.31. The van der Waals surface area contributed by atoms with Gasteiger partial charge in [-0.25, -0.2) is 0 Å². The van der Waals surface area contributed by atoms with E-state index in [4.69, 9.17) is 15.2 Å². The summed E-state index contributed by atoms with van der Waals surface area (Å²) >= 11 is 0. The van der Waals surface area contributed by atoms with Crippen molar-refractivity contribution < 1.29 is 9.47 Å². The molecule has 0 bridgehead atoms. The molecule has 0 unspecified atom stereocenters. The number of aryl methyl sites for hydroxylation is 1. The van der Waals surface area contributed by atoms with Gasteiger partial charge in [-0.15, -0.1) is 0 Å². The Morgan fingerprint density at radius 2 is 1.75 bits per heavy atom. The van der Waals surface area contributed by atoms with Gasteiger partial charge in [0.15, 0.2) is 11.5 Å². The first-order chi connectivity index (χ1) is 9.63. The summed E-state index contributed by atoms with van der Waals surface area (Å²) in [6.07, 6.45) is 0.923. The molecule has 0 fully saturated rings. The van der Waals surface area contributed by atoms with Gasteiger partial charge in [0, 0.05) is 6.04 Å². The van der Waals surface area contributed by atoms with E-state index in [0.717, 1.165) is 29.0 Å². The monoisotopic (exact) mass is 271 g/mol. The second-order valence-electron chi connectivity index (χ2n) is 4.84. The van der Waals surface area contributed by atoms with Gasteiger partial charge >= 0.3 is 0 Å². The number of rotatable bonds is 5. The maximum absolute atomic E-state index is 6.00. The molecule has 0 heterocycles. The van der Waals surface area contributed by atoms with E-state index in [0.29, 0.717) is 5.75 Å². The van der Waals surface area contributed by atoms with E-state index in [1.54, 1.807) is 7.11 Å². The minimum atomic E-state index is 0.0814. The van der Waals surface area contributed by atoms with Gasteiger partial charge in [-0.3, -0.25) is 0 Å². The predicted molar refractivity (Wildman–Crippen MR) is 81.5 cm³/mol. The van der Waals surface area contributed by atoms with Crippen LogP contribution in [-0.2, 0) is 0 Å². The van der Waals surface area contributed by atoms with Gasteiger partial charge in [0.1, 0.15) is 5.75 Å². The summed E-state index contributed by atoms with van der Waals surface area (Å²) in [5, 5.41) is 0. The van der Waals surface area contributed by atoms with E-state index in [9.17, 15) is 0 Å². The molecule has 2 N–H and O–H groups in total. The quantitative estimate of drug-likeness (QED) is 0.886. The Hall–Kier alpha value is -2.00. The predicted octanol–water partition coefficient (Wildman–Crippen LogP) is 4.21. The van der Waals surface area contributed by atoms with Crippen molar-refractivity contribution in [1.29, 1.82) is 0 Å². The van der Waals surface area contributed by atoms with Crippen LogP contribution in [0, 0.1) is 6.92 Å². The summed E-state index contributed by atoms with van der Waals surface area (Å²) < 4.78 is 11.2. The lowest BCUT2D eigenvalue weighted by Crippen LogP contribution is -2.08. The van der Waals surface area contributed by atoms with Crippen LogP contribution in [0.1, 0.15) is 30.5 Å². The molecule has 1 atom stereocenters. The molecule has 2 aromatic carbocycles. The molecule has 20 heavy (non-hydrogen) atoms. The van der Waals surface area contributed by atoms with Crippen molar-refractivity contribution in [3.05, 3.63) is 53.6 Å². The maximum Gasteiger partial charge on any atom is 0.169 e. The summed E-state index contributed by atoms with van der Waals surface area (Å²) in [5.74, 6) is 2.23. The molecule has 0 amide bonds. The zero-order valence-electron chi connectivity index (χ0n) is 12.2. The first-order valence-corrected chi connectivity index (χ1v) is 6.82. The molecule has 0 aliphatic heterocycles. The Balaban J connectivity index is 2.18. The highest BCUT2D eigenvalue weighted by Crippen LogP contribution is 2.32. The van der Waals surface area contributed by atoms with Crippen LogP contribution >= 0.6 is 0 Å². The van der Waals surface area contributed by atoms with Crippen molar-refractivity contribution in [1.82, 2.24) is 0 Å². The van der Waals surface area contributed by atoms with Gasteiger partial charge in [-0.05, 0) is 48.7 Å². The molecule has 3 heteroatoms. The van der Waals surface area contributed by atoms with E-state index in [2.05, 4.69) is 6.92 Å². The van der Waals surface area contributed by atoms with Crippen LogP contribution in [0.3, 0.4) is 0 Å². The lowest BCUT2D eigenvalue weighted by Gasteiger charge is -2.13. The smallest absolute Gasteiger partial charge is 0.169 e. The SMILES string of the molecule is CC[C@H](N)c1ccc(Oc2ccc(C)cc2OC)cc1. The summed E-state index contributed by atoms with van der Waals surface area (Å²) in [6, 6.07) is 13.8. The normalized spacial score (nSPS) is 12.0. The Bertz CT molecular complexity index is 564. The fourth-order valence-corrected chi connectivity index (χ4v) is 2.00. The van der Waals surface area contributed by atoms with E-state index in [-0.39, 0.29) is 6.04 Å². The Morgan fingerprint density at radius 3 is 2.35 bits per heavy atom. The minimum absolute atomic E-state index is 0.0814.